The van der Waals surface area contributed by atoms with Gasteiger partial charge in [0, 0.05) is 6.61 Å². The van der Waals surface area contributed by atoms with E-state index in [0.29, 0.717) is 26.4 Å². The molecule has 0 rings (SSSR count). The highest BCUT2D eigenvalue weighted by atomic mass is 16.7. The zero-order chi connectivity index (χ0) is 11.5. The van der Waals surface area contributed by atoms with Gasteiger partial charge in [-0.05, 0) is 20.8 Å². The van der Waals surface area contributed by atoms with Gasteiger partial charge in [-0.1, -0.05) is 6.58 Å². The van der Waals surface area contributed by atoms with Crippen molar-refractivity contribution in [2.24, 2.45) is 0 Å². The van der Waals surface area contributed by atoms with Crippen LogP contribution in [0.1, 0.15) is 13.8 Å². The zero-order valence-corrected chi connectivity index (χ0v) is 9.61. The lowest BCUT2D eigenvalue weighted by molar-refractivity contribution is -0.164. The molecule has 15 heavy (non-hydrogen) atoms. The average molecular weight is 217 g/mol. The van der Waals surface area contributed by atoms with Crippen LogP contribution in [0.2, 0.25) is 0 Å². The first kappa shape index (κ1) is 14.4. The molecule has 0 aliphatic rings. The van der Waals surface area contributed by atoms with E-state index in [1.54, 1.807) is 0 Å². The lowest BCUT2D eigenvalue weighted by atomic mass is 10.5. The fraction of sp³-hybridized carbons (Fsp3) is 0.727. The average Bonchev–Trinajstić information content (AvgIpc) is 2.17. The summed E-state index contributed by atoms with van der Waals surface area (Å²) < 4.78 is 20.9. The van der Waals surface area contributed by atoms with E-state index >= 15 is 0 Å². The fourth-order valence-corrected chi connectivity index (χ4v) is 0.921. The molecule has 0 heterocycles. The highest BCUT2D eigenvalue weighted by molar-refractivity contribution is 4.54. The van der Waals surface area contributed by atoms with Gasteiger partial charge in [-0.25, -0.2) is 0 Å². The summed E-state index contributed by atoms with van der Waals surface area (Å²) in [6.45, 7) is 12.8. The Bertz CT molecular complexity index is 148. The van der Waals surface area contributed by atoms with E-state index in [0.717, 1.165) is 0 Å². The molecule has 0 aromatic carbocycles. The third-order valence-electron chi connectivity index (χ3n) is 1.44. The highest BCUT2D eigenvalue weighted by Crippen LogP contribution is 2.01. The molecule has 4 nitrogen and oxygen atoms in total. The van der Waals surface area contributed by atoms with Gasteiger partial charge in [0.2, 0.25) is 6.29 Å². The summed E-state index contributed by atoms with van der Waals surface area (Å²) in [5.74, 6) is 0. The maximum atomic E-state index is 5.43. The Morgan fingerprint density at radius 2 is 1.87 bits per heavy atom. The Hall–Kier alpha value is -0.580. The maximum absolute atomic E-state index is 5.43. The van der Waals surface area contributed by atoms with Crippen molar-refractivity contribution in [2.45, 2.75) is 26.2 Å². The van der Waals surface area contributed by atoms with Crippen LogP contribution in [0.3, 0.4) is 0 Å². The Labute approximate surface area is 92.2 Å². The van der Waals surface area contributed by atoms with E-state index in [1.807, 2.05) is 13.8 Å². The number of hydrogen-bond acceptors (Lipinski definition) is 4. The molecule has 0 bridgehead atoms. The SMILES string of the molecule is [CH2]COCCOCC(OC=C)OC(C)C. The van der Waals surface area contributed by atoms with E-state index in [4.69, 9.17) is 18.9 Å². The first-order valence-electron chi connectivity index (χ1n) is 5.07. The Morgan fingerprint density at radius 3 is 2.40 bits per heavy atom. The van der Waals surface area contributed by atoms with Crippen LogP contribution in [0.4, 0.5) is 0 Å². The van der Waals surface area contributed by atoms with Gasteiger partial charge in [-0.3, -0.25) is 0 Å². The van der Waals surface area contributed by atoms with Crippen LogP contribution in [0.5, 0.6) is 0 Å². The Balaban J connectivity index is 3.52. The smallest absolute Gasteiger partial charge is 0.222 e. The summed E-state index contributed by atoms with van der Waals surface area (Å²) in [5, 5.41) is 0. The summed E-state index contributed by atoms with van der Waals surface area (Å²) in [6, 6.07) is 0. The summed E-state index contributed by atoms with van der Waals surface area (Å²) in [6.07, 6.45) is 1.04. The molecule has 0 aromatic rings. The number of ether oxygens (including phenoxy) is 4. The van der Waals surface area contributed by atoms with Gasteiger partial charge in [0.1, 0.15) is 6.61 Å². The van der Waals surface area contributed by atoms with Crippen molar-refractivity contribution < 1.29 is 18.9 Å². The van der Waals surface area contributed by atoms with Crippen molar-refractivity contribution in [2.75, 3.05) is 26.4 Å². The summed E-state index contributed by atoms with van der Waals surface area (Å²) in [5.41, 5.74) is 0. The van der Waals surface area contributed by atoms with Crippen molar-refractivity contribution in [1.29, 1.82) is 0 Å². The molecule has 0 aliphatic heterocycles. The lowest BCUT2D eigenvalue weighted by Crippen LogP contribution is -2.25. The third kappa shape index (κ3) is 9.72. The molecule has 0 aromatic heterocycles. The quantitative estimate of drug-likeness (QED) is 0.317. The van der Waals surface area contributed by atoms with Crippen molar-refractivity contribution in [3.63, 3.8) is 0 Å². The minimum atomic E-state index is -0.401. The van der Waals surface area contributed by atoms with Crippen LogP contribution < -0.4 is 0 Å². The first-order chi connectivity index (χ1) is 7.20. The van der Waals surface area contributed by atoms with Crippen molar-refractivity contribution in [1.82, 2.24) is 0 Å². The van der Waals surface area contributed by atoms with Gasteiger partial charge in [0.15, 0.2) is 0 Å². The standard InChI is InChI=1S/C11H21O4/c1-5-12-7-8-13-9-11(14-6-2)15-10(3)4/h6,10-11H,1-2,5,7-9H2,3-4H3. The van der Waals surface area contributed by atoms with Crippen LogP contribution in [-0.4, -0.2) is 38.8 Å². The van der Waals surface area contributed by atoms with E-state index < -0.39 is 6.29 Å². The second-order valence-corrected chi connectivity index (χ2v) is 3.10. The van der Waals surface area contributed by atoms with E-state index in [2.05, 4.69) is 13.5 Å². The van der Waals surface area contributed by atoms with Gasteiger partial charge < -0.3 is 18.9 Å². The minimum absolute atomic E-state index is 0.0923. The summed E-state index contributed by atoms with van der Waals surface area (Å²) in [4.78, 5) is 0. The molecule has 0 aliphatic carbocycles. The predicted molar refractivity (Wildman–Crippen MR) is 58.3 cm³/mol. The van der Waals surface area contributed by atoms with E-state index in [-0.39, 0.29) is 6.10 Å². The molecule has 0 spiro atoms. The van der Waals surface area contributed by atoms with Crippen molar-refractivity contribution >= 4 is 0 Å². The van der Waals surface area contributed by atoms with Gasteiger partial charge in [-0.15, -0.1) is 0 Å². The molecule has 1 unspecified atom stereocenters. The molecule has 1 atom stereocenters. The van der Waals surface area contributed by atoms with Crippen LogP contribution in [-0.2, 0) is 18.9 Å². The first-order valence-corrected chi connectivity index (χ1v) is 5.07. The largest absolute Gasteiger partial charge is 0.471 e. The second-order valence-electron chi connectivity index (χ2n) is 3.10. The van der Waals surface area contributed by atoms with Gasteiger partial charge >= 0.3 is 0 Å². The minimum Gasteiger partial charge on any atom is -0.471 e. The second kappa shape index (κ2) is 9.96. The molecule has 4 heteroatoms. The maximum Gasteiger partial charge on any atom is 0.222 e. The molecule has 1 radical (unpaired) electrons. The Morgan fingerprint density at radius 1 is 1.20 bits per heavy atom. The predicted octanol–water partition coefficient (Wildman–Crippen LogP) is 1.76. The van der Waals surface area contributed by atoms with Crippen LogP contribution in [0, 0.1) is 6.92 Å². The molecule has 0 fully saturated rings. The topological polar surface area (TPSA) is 36.9 Å². The molecule has 0 saturated carbocycles. The van der Waals surface area contributed by atoms with Crippen LogP contribution >= 0.6 is 0 Å². The molecular weight excluding hydrogens is 196 g/mol. The number of hydrogen-bond donors (Lipinski definition) is 0. The van der Waals surface area contributed by atoms with Crippen LogP contribution in [0.25, 0.3) is 0 Å². The normalized spacial score (nSPS) is 12.8. The van der Waals surface area contributed by atoms with Crippen molar-refractivity contribution in [3.05, 3.63) is 19.8 Å². The van der Waals surface area contributed by atoms with Gasteiger partial charge in [-0.2, -0.15) is 0 Å². The molecular formula is C11H21O4. The van der Waals surface area contributed by atoms with Crippen LogP contribution in [0.15, 0.2) is 12.8 Å². The highest BCUT2D eigenvalue weighted by Gasteiger charge is 2.10. The summed E-state index contributed by atoms with van der Waals surface area (Å²) >= 11 is 0. The van der Waals surface area contributed by atoms with E-state index in [9.17, 15) is 0 Å². The van der Waals surface area contributed by atoms with Gasteiger partial charge in [0.25, 0.3) is 0 Å². The zero-order valence-electron chi connectivity index (χ0n) is 9.61. The van der Waals surface area contributed by atoms with Crippen molar-refractivity contribution in [3.8, 4) is 0 Å². The fourth-order valence-electron chi connectivity index (χ4n) is 0.921. The van der Waals surface area contributed by atoms with Gasteiger partial charge in [0.05, 0.1) is 25.6 Å². The van der Waals surface area contributed by atoms with E-state index in [1.165, 1.54) is 6.26 Å². The number of rotatable bonds is 10. The molecule has 0 N–H and O–H groups in total. The molecule has 0 amide bonds. The monoisotopic (exact) mass is 217 g/mol. The molecule has 0 saturated heterocycles. The lowest BCUT2D eigenvalue weighted by Gasteiger charge is -2.19. The Kier molecular flexibility index (Phi) is 9.57. The summed E-state index contributed by atoms with van der Waals surface area (Å²) in [7, 11) is 0. The molecule has 89 valence electrons. The third-order valence-corrected chi connectivity index (χ3v) is 1.44.